The Balaban J connectivity index is 1.29. The number of carbonyl (C=O) groups excluding carboxylic acids is 1. The van der Waals surface area contributed by atoms with E-state index in [0.29, 0.717) is 12.6 Å². The molecule has 1 saturated heterocycles. The molecule has 1 aromatic rings. The Bertz CT molecular complexity index is 595. The van der Waals surface area contributed by atoms with Crippen molar-refractivity contribution >= 4 is 5.91 Å². The third-order valence-corrected chi connectivity index (χ3v) is 6.16. The predicted octanol–water partition coefficient (Wildman–Crippen LogP) is 3.15. The van der Waals surface area contributed by atoms with Gasteiger partial charge in [-0.25, -0.2) is 0 Å². The molecule has 1 amide bonds. The van der Waals surface area contributed by atoms with Gasteiger partial charge in [-0.3, -0.25) is 9.69 Å². The fraction of sp³-hybridized carbons (Fsp3) is 0.667. The van der Waals surface area contributed by atoms with Crippen LogP contribution < -0.4 is 10.1 Å². The molecule has 0 aromatic heterocycles. The van der Waals surface area contributed by atoms with Crippen LogP contribution >= 0.6 is 0 Å². The number of likely N-dealkylation sites (tertiary alicyclic amines) is 1. The Kier molecular flexibility index (Phi) is 5.25. The monoisotopic (exact) mass is 342 g/mol. The van der Waals surface area contributed by atoms with Crippen molar-refractivity contribution in [3.05, 3.63) is 29.8 Å². The Morgan fingerprint density at radius 2 is 1.88 bits per heavy atom. The summed E-state index contributed by atoms with van der Waals surface area (Å²) in [5.74, 6) is 1.05. The zero-order valence-corrected chi connectivity index (χ0v) is 15.1. The molecule has 2 heterocycles. The summed E-state index contributed by atoms with van der Waals surface area (Å²) in [5, 5.41) is 3.30. The second-order valence-corrected chi connectivity index (χ2v) is 7.95. The zero-order chi connectivity index (χ0) is 17.1. The van der Waals surface area contributed by atoms with E-state index in [4.69, 9.17) is 4.74 Å². The molecule has 2 unspecified atom stereocenters. The third kappa shape index (κ3) is 4.00. The summed E-state index contributed by atoms with van der Waals surface area (Å²) < 4.78 is 5.78. The summed E-state index contributed by atoms with van der Waals surface area (Å²) in [4.78, 5) is 15.3. The quantitative estimate of drug-likeness (QED) is 0.858. The minimum Gasteiger partial charge on any atom is -0.492 e. The van der Waals surface area contributed by atoms with Crippen molar-refractivity contribution in [1.82, 2.24) is 10.2 Å². The van der Waals surface area contributed by atoms with Gasteiger partial charge in [0.05, 0.1) is 5.92 Å². The molecular formula is C21H30N2O2. The van der Waals surface area contributed by atoms with Crippen molar-refractivity contribution in [2.45, 2.75) is 63.5 Å². The van der Waals surface area contributed by atoms with Crippen molar-refractivity contribution in [3.8, 4) is 5.75 Å². The van der Waals surface area contributed by atoms with E-state index in [1.54, 1.807) is 0 Å². The van der Waals surface area contributed by atoms with Crippen molar-refractivity contribution in [2.75, 3.05) is 19.7 Å². The SMILES string of the molecule is O=C(NC1CCN(C2CCCCCC2)C1)C1COc2ccccc2C1. The number of nitrogens with one attached hydrogen (secondary N) is 1. The lowest BCUT2D eigenvalue weighted by atomic mass is 9.96. The van der Waals surface area contributed by atoms with Crippen LogP contribution in [0, 0.1) is 5.92 Å². The molecule has 136 valence electrons. The number of fused-ring (bicyclic) bond motifs is 1. The molecule has 0 radical (unpaired) electrons. The highest BCUT2D eigenvalue weighted by atomic mass is 16.5. The lowest BCUT2D eigenvalue weighted by molar-refractivity contribution is -0.126. The maximum absolute atomic E-state index is 12.7. The Hall–Kier alpha value is -1.55. The van der Waals surface area contributed by atoms with E-state index in [9.17, 15) is 4.79 Å². The van der Waals surface area contributed by atoms with Gasteiger partial charge in [0.2, 0.25) is 5.91 Å². The lowest BCUT2D eigenvalue weighted by Crippen LogP contribution is -2.44. The molecule has 3 aliphatic rings. The molecule has 1 N–H and O–H groups in total. The van der Waals surface area contributed by atoms with Gasteiger partial charge in [0.15, 0.2) is 0 Å². The molecule has 4 rings (SSSR count). The average Bonchev–Trinajstić information content (AvgIpc) is 2.93. The van der Waals surface area contributed by atoms with Gasteiger partial charge in [-0.1, -0.05) is 43.9 Å². The fourth-order valence-electron chi connectivity index (χ4n) is 4.68. The molecule has 1 aromatic carbocycles. The largest absolute Gasteiger partial charge is 0.492 e. The minimum absolute atomic E-state index is 0.0539. The molecule has 0 spiro atoms. The van der Waals surface area contributed by atoms with Gasteiger partial charge >= 0.3 is 0 Å². The van der Waals surface area contributed by atoms with Gasteiger partial charge in [0.25, 0.3) is 0 Å². The molecule has 1 aliphatic carbocycles. The van der Waals surface area contributed by atoms with Gasteiger partial charge in [0, 0.05) is 25.2 Å². The number of hydrogen-bond donors (Lipinski definition) is 1. The molecule has 2 fully saturated rings. The van der Waals surface area contributed by atoms with Gasteiger partial charge < -0.3 is 10.1 Å². The second-order valence-electron chi connectivity index (χ2n) is 7.95. The van der Waals surface area contributed by atoms with E-state index in [0.717, 1.165) is 43.3 Å². The summed E-state index contributed by atoms with van der Waals surface area (Å²) in [7, 11) is 0. The lowest BCUT2D eigenvalue weighted by Gasteiger charge is -2.28. The molecule has 2 aliphatic heterocycles. The van der Waals surface area contributed by atoms with E-state index in [1.165, 1.54) is 38.5 Å². The van der Waals surface area contributed by atoms with E-state index >= 15 is 0 Å². The maximum Gasteiger partial charge on any atom is 0.227 e. The van der Waals surface area contributed by atoms with Crippen molar-refractivity contribution in [1.29, 1.82) is 0 Å². The normalized spacial score (nSPS) is 28.0. The van der Waals surface area contributed by atoms with Crippen LogP contribution in [0.25, 0.3) is 0 Å². The van der Waals surface area contributed by atoms with E-state index in [-0.39, 0.29) is 11.8 Å². The van der Waals surface area contributed by atoms with E-state index < -0.39 is 0 Å². The number of rotatable bonds is 3. The summed E-state index contributed by atoms with van der Waals surface area (Å²) in [6.07, 6.45) is 10.1. The van der Waals surface area contributed by atoms with Gasteiger partial charge in [0.1, 0.15) is 12.4 Å². The highest BCUT2D eigenvalue weighted by Gasteiger charge is 2.32. The second kappa shape index (κ2) is 7.77. The van der Waals surface area contributed by atoms with Crippen LogP contribution in [0.2, 0.25) is 0 Å². The molecular weight excluding hydrogens is 312 g/mol. The van der Waals surface area contributed by atoms with Crippen LogP contribution in [0.3, 0.4) is 0 Å². The van der Waals surface area contributed by atoms with Crippen molar-refractivity contribution in [2.24, 2.45) is 5.92 Å². The molecule has 2 atom stereocenters. The van der Waals surface area contributed by atoms with Crippen LogP contribution in [-0.4, -0.2) is 42.6 Å². The first kappa shape index (κ1) is 16.9. The van der Waals surface area contributed by atoms with Crippen LogP contribution in [0.5, 0.6) is 5.75 Å². The number of benzene rings is 1. The number of amides is 1. The zero-order valence-electron chi connectivity index (χ0n) is 15.1. The van der Waals surface area contributed by atoms with Crippen LogP contribution in [-0.2, 0) is 11.2 Å². The third-order valence-electron chi connectivity index (χ3n) is 6.16. The summed E-state index contributed by atoms with van der Waals surface area (Å²) in [6.45, 7) is 2.67. The first-order valence-electron chi connectivity index (χ1n) is 10.0. The van der Waals surface area contributed by atoms with Gasteiger partial charge in [-0.2, -0.15) is 0 Å². The number of ether oxygens (including phenoxy) is 1. The van der Waals surface area contributed by atoms with E-state index in [1.807, 2.05) is 18.2 Å². The van der Waals surface area contributed by atoms with Crippen LogP contribution in [0.15, 0.2) is 24.3 Å². The van der Waals surface area contributed by atoms with Crippen molar-refractivity contribution in [3.63, 3.8) is 0 Å². The van der Waals surface area contributed by atoms with E-state index in [2.05, 4.69) is 16.3 Å². The van der Waals surface area contributed by atoms with Gasteiger partial charge in [-0.05, 0) is 37.3 Å². The summed E-state index contributed by atoms with van der Waals surface area (Å²) >= 11 is 0. The fourth-order valence-corrected chi connectivity index (χ4v) is 4.68. The molecule has 0 bridgehead atoms. The molecule has 1 saturated carbocycles. The Morgan fingerprint density at radius 1 is 1.08 bits per heavy atom. The first-order chi connectivity index (χ1) is 12.3. The molecule has 25 heavy (non-hydrogen) atoms. The predicted molar refractivity (Wildman–Crippen MR) is 98.7 cm³/mol. The highest BCUT2D eigenvalue weighted by Crippen LogP contribution is 2.28. The standard InChI is InChI=1S/C21H30N2O2/c24-21(17-13-16-7-5-6-10-20(16)25-15-17)22-18-11-12-23(14-18)19-8-3-1-2-4-9-19/h5-7,10,17-19H,1-4,8-9,11-15H2,(H,22,24). The van der Waals surface area contributed by atoms with Crippen LogP contribution in [0.4, 0.5) is 0 Å². The van der Waals surface area contributed by atoms with Gasteiger partial charge in [-0.15, -0.1) is 0 Å². The van der Waals surface area contributed by atoms with Crippen LogP contribution in [0.1, 0.15) is 50.5 Å². The minimum atomic E-state index is -0.0539. The first-order valence-corrected chi connectivity index (χ1v) is 10.0. The molecule has 4 heteroatoms. The number of hydrogen-bond acceptors (Lipinski definition) is 3. The Labute approximate surface area is 150 Å². The summed E-state index contributed by atoms with van der Waals surface area (Å²) in [5.41, 5.74) is 1.15. The number of para-hydroxylation sites is 1. The smallest absolute Gasteiger partial charge is 0.227 e. The summed E-state index contributed by atoms with van der Waals surface area (Å²) in [6, 6.07) is 9.12. The Morgan fingerprint density at radius 3 is 2.72 bits per heavy atom. The number of nitrogens with zero attached hydrogens (tertiary/aromatic N) is 1. The van der Waals surface area contributed by atoms with Crippen molar-refractivity contribution < 1.29 is 9.53 Å². The average molecular weight is 342 g/mol. The molecule has 4 nitrogen and oxygen atoms in total. The number of carbonyl (C=O) groups is 1. The maximum atomic E-state index is 12.7. The highest BCUT2D eigenvalue weighted by molar-refractivity contribution is 5.80. The topological polar surface area (TPSA) is 41.6 Å².